The second-order valence-corrected chi connectivity index (χ2v) is 11.6. The molecule has 1 N–H and O–H groups in total. The van der Waals surface area contributed by atoms with Gasteiger partial charge in [0.05, 0.1) is 5.75 Å². The summed E-state index contributed by atoms with van der Waals surface area (Å²) < 4.78 is 14.6. The van der Waals surface area contributed by atoms with E-state index in [2.05, 4.69) is 21.2 Å². The van der Waals surface area contributed by atoms with Crippen molar-refractivity contribution in [3.05, 3.63) is 106 Å². The van der Waals surface area contributed by atoms with Crippen LogP contribution in [0.2, 0.25) is 0 Å². The highest BCUT2D eigenvalue weighted by Gasteiger charge is 2.32. The summed E-state index contributed by atoms with van der Waals surface area (Å²) in [5, 5.41) is 3.05. The average Bonchev–Trinajstić information content (AvgIpc) is 2.83. The Balaban J connectivity index is 1.85. The summed E-state index contributed by atoms with van der Waals surface area (Å²) in [4.78, 5) is 28.7. The molecular formula is C29H32BrFN2O2S. The first-order valence-electron chi connectivity index (χ1n) is 11.8. The van der Waals surface area contributed by atoms with Gasteiger partial charge in [-0.3, -0.25) is 9.59 Å². The number of carbonyl (C=O) groups is 2. The SMILES string of the molecule is CC(C)(C)NC(=O)[C@H](Cc1ccccc1)N(Cc1ccc(F)cc1)C(=O)CSCc1ccc(Br)cc1. The zero-order valence-corrected chi connectivity index (χ0v) is 23.2. The molecule has 0 aliphatic carbocycles. The Morgan fingerprint density at radius 2 is 1.53 bits per heavy atom. The molecule has 190 valence electrons. The van der Waals surface area contributed by atoms with E-state index in [1.807, 2.05) is 75.4 Å². The summed E-state index contributed by atoms with van der Waals surface area (Å²) >= 11 is 4.95. The molecule has 3 rings (SSSR count). The highest BCUT2D eigenvalue weighted by atomic mass is 79.9. The monoisotopic (exact) mass is 570 g/mol. The van der Waals surface area contributed by atoms with E-state index in [0.29, 0.717) is 12.2 Å². The molecule has 0 bridgehead atoms. The third kappa shape index (κ3) is 9.10. The smallest absolute Gasteiger partial charge is 0.243 e. The lowest BCUT2D eigenvalue weighted by molar-refractivity contribution is -0.140. The van der Waals surface area contributed by atoms with Crippen LogP contribution < -0.4 is 5.32 Å². The second kappa shape index (κ2) is 13.1. The molecule has 0 heterocycles. The fraction of sp³-hybridized carbons (Fsp3) is 0.310. The summed E-state index contributed by atoms with van der Waals surface area (Å²) in [6.07, 6.45) is 0.382. The second-order valence-electron chi connectivity index (χ2n) is 9.71. The van der Waals surface area contributed by atoms with Gasteiger partial charge < -0.3 is 10.2 Å². The molecule has 3 aromatic carbocycles. The predicted octanol–water partition coefficient (Wildman–Crippen LogP) is 6.38. The minimum atomic E-state index is -0.711. The Bertz CT molecular complexity index is 1130. The van der Waals surface area contributed by atoms with Crippen LogP contribution in [-0.4, -0.2) is 34.0 Å². The van der Waals surface area contributed by atoms with E-state index in [9.17, 15) is 14.0 Å². The van der Waals surface area contributed by atoms with Crippen LogP contribution in [0.1, 0.15) is 37.5 Å². The van der Waals surface area contributed by atoms with Gasteiger partial charge in [0, 0.05) is 28.7 Å². The first-order valence-corrected chi connectivity index (χ1v) is 13.8. The molecule has 0 spiro atoms. The Morgan fingerprint density at radius 1 is 0.917 bits per heavy atom. The van der Waals surface area contributed by atoms with E-state index >= 15 is 0 Å². The molecule has 36 heavy (non-hydrogen) atoms. The van der Waals surface area contributed by atoms with Crippen molar-refractivity contribution in [2.24, 2.45) is 0 Å². The maximum absolute atomic E-state index is 13.6. The number of halogens is 2. The van der Waals surface area contributed by atoms with Gasteiger partial charge in [0.2, 0.25) is 11.8 Å². The zero-order chi connectivity index (χ0) is 26.1. The maximum atomic E-state index is 13.6. The van der Waals surface area contributed by atoms with E-state index < -0.39 is 11.6 Å². The third-order valence-corrected chi connectivity index (χ3v) is 6.96. The number of hydrogen-bond donors (Lipinski definition) is 1. The van der Waals surface area contributed by atoms with E-state index in [-0.39, 0.29) is 29.9 Å². The van der Waals surface area contributed by atoms with Crippen LogP contribution in [0, 0.1) is 5.82 Å². The number of amides is 2. The highest BCUT2D eigenvalue weighted by molar-refractivity contribution is 9.10. The first-order chi connectivity index (χ1) is 17.1. The van der Waals surface area contributed by atoms with E-state index in [1.54, 1.807) is 17.0 Å². The molecule has 2 amide bonds. The van der Waals surface area contributed by atoms with Crippen LogP contribution in [0.4, 0.5) is 4.39 Å². The van der Waals surface area contributed by atoms with Crippen LogP contribution in [-0.2, 0) is 28.3 Å². The van der Waals surface area contributed by atoms with Crippen LogP contribution >= 0.6 is 27.7 Å². The Morgan fingerprint density at radius 3 is 2.14 bits per heavy atom. The third-order valence-electron chi connectivity index (χ3n) is 5.44. The number of rotatable bonds is 10. The van der Waals surface area contributed by atoms with Gasteiger partial charge >= 0.3 is 0 Å². The van der Waals surface area contributed by atoms with Gasteiger partial charge in [-0.05, 0) is 61.7 Å². The van der Waals surface area contributed by atoms with Crippen molar-refractivity contribution in [3.8, 4) is 0 Å². The lowest BCUT2D eigenvalue weighted by atomic mass is 10.0. The standard InChI is InChI=1S/C29H32BrFN2O2S/c1-29(2,3)32-28(35)26(17-21-7-5-4-6-8-21)33(18-22-11-15-25(31)16-12-22)27(34)20-36-19-23-9-13-24(30)14-10-23/h4-16,26H,17-20H2,1-3H3,(H,32,35)/t26-/m0/s1. The van der Waals surface area contributed by atoms with Crippen LogP contribution in [0.3, 0.4) is 0 Å². The topological polar surface area (TPSA) is 49.4 Å². The Hall–Kier alpha value is -2.64. The Labute approximate surface area is 225 Å². The lowest BCUT2D eigenvalue weighted by Gasteiger charge is -2.34. The van der Waals surface area contributed by atoms with Gasteiger partial charge in [-0.15, -0.1) is 11.8 Å². The summed E-state index contributed by atoms with van der Waals surface area (Å²) in [6.45, 7) is 5.98. The summed E-state index contributed by atoms with van der Waals surface area (Å²) in [6, 6.07) is 23.0. The van der Waals surface area contributed by atoms with Crippen molar-refractivity contribution in [1.82, 2.24) is 10.2 Å². The van der Waals surface area contributed by atoms with Crippen molar-refractivity contribution in [2.45, 2.75) is 51.1 Å². The highest BCUT2D eigenvalue weighted by Crippen LogP contribution is 2.20. The molecule has 7 heteroatoms. The first kappa shape index (κ1) is 27.9. The number of nitrogens with zero attached hydrogens (tertiary/aromatic N) is 1. The van der Waals surface area contributed by atoms with Crippen LogP contribution in [0.15, 0.2) is 83.3 Å². The average molecular weight is 572 g/mol. The van der Waals surface area contributed by atoms with E-state index in [1.165, 1.54) is 23.9 Å². The molecule has 0 unspecified atom stereocenters. The fourth-order valence-electron chi connectivity index (χ4n) is 3.71. The van der Waals surface area contributed by atoms with Crippen molar-refractivity contribution < 1.29 is 14.0 Å². The van der Waals surface area contributed by atoms with Gasteiger partial charge in [0.25, 0.3) is 0 Å². The van der Waals surface area contributed by atoms with Crippen molar-refractivity contribution in [2.75, 3.05) is 5.75 Å². The molecule has 0 aromatic heterocycles. The molecular weight excluding hydrogens is 539 g/mol. The number of thioether (sulfide) groups is 1. The molecule has 1 atom stereocenters. The van der Waals surface area contributed by atoms with Crippen molar-refractivity contribution >= 4 is 39.5 Å². The molecule has 0 radical (unpaired) electrons. The van der Waals surface area contributed by atoms with Crippen LogP contribution in [0.25, 0.3) is 0 Å². The molecule has 4 nitrogen and oxygen atoms in total. The minimum absolute atomic E-state index is 0.133. The quantitative estimate of drug-likeness (QED) is 0.308. The lowest BCUT2D eigenvalue weighted by Crippen LogP contribution is -2.54. The largest absolute Gasteiger partial charge is 0.350 e. The summed E-state index contributed by atoms with van der Waals surface area (Å²) in [7, 11) is 0. The normalized spacial score (nSPS) is 12.1. The minimum Gasteiger partial charge on any atom is -0.350 e. The Kier molecular flexibility index (Phi) is 10.1. The van der Waals surface area contributed by atoms with E-state index in [4.69, 9.17) is 0 Å². The van der Waals surface area contributed by atoms with Gasteiger partial charge in [-0.2, -0.15) is 0 Å². The molecule has 3 aromatic rings. The summed E-state index contributed by atoms with van der Waals surface area (Å²) in [5.41, 5.74) is 2.40. The van der Waals surface area contributed by atoms with Gasteiger partial charge in [0.15, 0.2) is 0 Å². The molecule has 0 aliphatic rings. The number of carbonyl (C=O) groups excluding carboxylic acids is 2. The number of benzene rings is 3. The molecule has 0 saturated heterocycles. The zero-order valence-electron chi connectivity index (χ0n) is 20.8. The predicted molar refractivity (Wildman–Crippen MR) is 149 cm³/mol. The van der Waals surface area contributed by atoms with Crippen molar-refractivity contribution in [1.29, 1.82) is 0 Å². The maximum Gasteiger partial charge on any atom is 0.243 e. The molecule has 0 fully saturated rings. The van der Waals surface area contributed by atoms with E-state index in [0.717, 1.165) is 21.2 Å². The van der Waals surface area contributed by atoms with Crippen LogP contribution in [0.5, 0.6) is 0 Å². The van der Waals surface area contributed by atoms with Gasteiger partial charge in [-0.1, -0.05) is 70.5 Å². The molecule has 0 aliphatic heterocycles. The number of hydrogen-bond acceptors (Lipinski definition) is 3. The van der Waals surface area contributed by atoms with Gasteiger partial charge in [-0.25, -0.2) is 4.39 Å². The molecule has 0 saturated carbocycles. The van der Waals surface area contributed by atoms with Gasteiger partial charge in [0.1, 0.15) is 11.9 Å². The number of nitrogens with one attached hydrogen (secondary N) is 1. The summed E-state index contributed by atoms with van der Waals surface area (Å²) in [5.74, 6) is 0.228. The fourth-order valence-corrected chi connectivity index (χ4v) is 4.85. The van der Waals surface area contributed by atoms with Crippen molar-refractivity contribution in [3.63, 3.8) is 0 Å².